The monoisotopic (exact) mass is 780 g/mol. The van der Waals surface area contributed by atoms with Crippen LogP contribution in [0.25, 0.3) is 0 Å². The lowest BCUT2D eigenvalue weighted by Gasteiger charge is -2.50. The first kappa shape index (κ1) is 37.4. The molecule has 7 N–H and O–H groups in total. The number of nitrogens with one attached hydrogen (secondary N) is 3. The van der Waals surface area contributed by atoms with Crippen LogP contribution in [-0.4, -0.2) is 118 Å². The molecule has 1 saturated carbocycles. The lowest BCUT2D eigenvalue weighted by atomic mass is 9.76. The lowest BCUT2D eigenvalue weighted by Crippen LogP contribution is -3.09. The van der Waals surface area contributed by atoms with E-state index in [2.05, 4.69) is 15.3 Å². The maximum absolute atomic E-state index is 14.4. The van der Waals surface area contributed by atoms with Crippen molar-refractivity contribution in [3.05, 3.63) is 88.0 Å². The highest BCUT2D eigenvalue weighted by atomic mass is 16.7. The zero-order chi connectivity index (χ0) is 39.6. The van der Waals surface area contributed by atoms with E-state index in [0.29, 0.717) is 34.6 Å². The number of quaternary nitrogens is 1. The third kappa shape index (κ3) is 6.10. The number of aliphatic imine (C=N–C) groups is 2. The second-order valence-corrected chi connectivity index (χ2v) is 15.1. The van der Waals surface area contributed by atoms with Gasteiger partial charge in [-0.3, -0.25) is 25.1 Å². The number of nitrogens with zero attached hydrogens (tertiary/aromatic N) is 2. The highest BCUT2D eigenvalue weighted by molar-refractivity contribution is 6.68. The third-order valence-electron chi connectivity index (χ3n) is 11.9. The average molecular weight is 781 g/mol. The van der Waals surface area contributed by atoms with Crippen LogP contribution >= 0.6 is 0 Å². The molecule has 3 aromatic carbocycles. The molecule has 7 atom stereocenters. The fraction of sp³-hybridized carbons (Fsp3) is 0.415. The molecular formula is C41H42N5O11+. The van der Waals surface area contributed by atoms with Gasteiger partial charge in [0.05, 0.1) is 17.8 Å². The van der Waals surface area contributed by atoms with Gasteiger partial charge in [-0.05, 0) is 31.4 Å². The van der Waals surface area contributed by atoms with E-state index in [-0.39, 0.29) is 77.6 Å². The second-order valence-electron chi connectivity index (χ2n) is 15.1. The normalized spacial score (nSPS) is 29.1. The summed E-state index contributed by atoms with van der Waals surface area (Å²) in [5, 5.41) is 54.8. The Balaban J connectivity index is 1.28. The smallest absolute Gasteiger partial charge is 0.284 e. The summed E-state index contributed by atoms with van der Waals surface area (Å²) in [6, 6.07) is 15.4. The van der Waals surface area contributed by atoms with Crippen LogP contribution in [0, 0.1) is 5.41 Å². The zero-order valence-corrected chi connectivity index (χ0v) is 30.8. The van der Waals surface area contributed by atoms with Crippen molar-refractivity contribution in [1.82, 2.24) is 5.32 Å². The van der Waals surface area contributed by atoms with Crippen LogP contribution in [0.15, 0.2) is 64.6 Å². The molecule has 1 spiro atoms. The van der Waals surface area contributed by atoms with Crippen molar-refractivity contribution < 1.29 is 58.7 Å². The van der Waals surface area contributed by atoms with E-state index in [9.17, 15) is 34.8 Å². The summed E-state index contributed by atoms with van der Waals surface area (Å²) in [5.74, 6) is -2.48. The summed E-state index contributed by atoms with van der Waals surface area (Å²) in [5.41, 5.74) is 1.03. The first-order valence-electron chi connectivity index (χ1n) is 19.2. The van der Waals surface area contributed by atoms with Crippen molar-refractivity contribution in [3.8, 4) is 11.5 Å². The Kier molecular flexibility index (Phi) is 9.59. The maximum Gasteiger partial charge on any atom is 0.284 e. The molecule has 2 fully saturated rings. The molecule has 4 aliphatic heterocycles. The third-order valence-corrected chi connectivity index (χ3v) is 11.9. The summed E-state index contributed by atoms with van der Waals surface area (Å²) in [7, 11) is 0. The van der Waals surface area contributed by atoms with Crippen LogP contribution in [0.3, 0.4) is 0 Å². The van der Waals surface area contributed by atoms with Gasteiger partial charge in [0.25, 0.3) is 11.7 Å². The Morgan fingerprint density at radius 1 is 0.912 bits per heavy atom. The minimum Gasteiger partial charge on any atom is -0.486 e. The highest BCUT2D eigenvalue weighted by Crippen LogP contribution is 2.50. The number of benzene rings is 3. The van der Waals surface area contributed by atoms with Crippen LogP contribution in [0.4, 0.5) is 5.69 Å². The van der Waals surface area contributed by atoms with Gasteiger partial charge >= 0.3 is 0 Å². The van der Waals surface area contributed by atoms with Crippen LogP contribution in [-0.2, 0) is 14.3 Å². The van der Waals surface area contributed by atoms with Crippen molar-refractivity contribution in [2.24, 2.45) is 9.98 Å². The predicted molar refractivity (Wildman–Crippen MR) is 201 cm³/mol. The van der Waals surface area contributed by atoms with Gasteiger partial charge in [-0.25, -0.2) is 9.89 Å². The van der Waals surface area contributed by atoms with Gasteiger partial charge in [0, 0.05) is 40.3 Å². The number of hydrogen-bond donors (Lipinski definition) is 7. The molecule has 0 aromatic heterocycles. The molecule has 2 bridgehead atoms. The largest absolute Gasteiger partial charge is 0.486 e. The van der Waals surface area contributed by atoms with Crippen molar-refractivity contribution in [1.29, 1.82) is 5.41 Å². The molecule has 1 unspecified atom stereocenters. The van der Waals surface area contributed by atoms with E-state index in [4.69, 9.17) is 24.4 Å². The number of ether oxygens (including phenoxy) is 4. The Morgan fingerprint density at radius 2 is 1.65 bits per heavy atom. The SMILES string of the molecule is N=C1N=C2C(=NC[NH+]2c2ccccc2[C@H]2CCOC3(CCCCC3)[C@@H]3O[C@H](Oc4c2cc2c(c4OCCO)C(=O)c4ccccc4C2=O)[C@@H](O)[C@H](O)[C@H]3O)C(=O)N1. The summed E-state index contributed by atoms with van der Waals surface area (Å²) >= 11 is 0. The van der Waals surface area contributed by atoms with E-state index in [1.54, 1.807) is 30.3 Å². The number of guanidine groups is 1. The Hall–Kier alpha value is -5.20. The minimum absolute atomic E-state index is 0.0374. The van der Waals surface area contributed by atoms with E-state index in [1.807, 2.05) is 24.3 Å². The van der Waals surface area contributed by atoms with E-state index >= 15 is 0 Å². The van der Waals surface area contributed by atoms with Gasteiger partial charge in [0.2, 0.25) is 18.0 Å². The standard InChI is InChI=1S/C41H41N5O11/c42-40-44-37-28(38(53)45-40)43-19-46(37)26-11-5-4-8-21(26)20-12-16-55-41(13-6-1-7-14-41)36-32(51)31(50)33(52)39(57-36)56-34-24(20)18-25-27(35(34)54-17-15-47)30(49)23-10-3-2-9-22(23)29(25)48/h2-5,8-11,18,20,31-33,36,39,47,50-52H,1,6-7,12-17,19H2,(H2,42,45,53)/p+1/t20-,31-,32-,33+,36-,39+/m1/s1. The lowest BCUT2D eigenvalue weighted by molar-refractivity contribution is -0.723. The van der Waals surface area contributed by atoms with Gasteiger partial charge in [-0.15, -0.1) is 0 Å². The molecule has 296 valence electrons. The number of amidine groups is 1. The number of amides is 1. The number of para-hydroxylation sites is 1. The quantitative estimate of drug-likeness (QED) is 0.149. The van der Waals surface area contributed by atoms with Crippen LogP contribution in [0.5, 0.6) is 11.5 Å². The van der Waals surface area contributed by atoms with Gasteiger partial charge < -0.3 is 39.4 Å². The molecule has 1 saturated heterocycles. The number of carbonyl (C=O) groups excluding carboxylic acids is 3. The van der Waals surface area contributed by atoms with Crippen molar-refractivity contribution >= 4 is 40.7 Å². The number of fused-ring (bicyclic) bond motifs is 7. The molecular weight excluding hydrogens is 738 g/mol. The van der Waals surface area contributed by atoms with E-state index in [0.717, 1.165) is 19.3 Å². The second kappa shape index (κ2) is 14.6. The first-order valence-corrected chi connectivity index (χ1v) is 19.2. The molecule has 57 heavy (non-hydrogen) atoms. The number of rotatable bonds is 5. The topological polar surface area (TPSA) is 234 Å². The van der Waals surface area contributed by atoms with Crippen molar-refractivity contribution in [3.63, 3.8) is 0 Å². The van der Waals surface area contributed by atoms with Gasteiger partial charge in [-0.1, -0.05) is 61.7 Å². The molecule has 9 rings (SSSR count). The number of aliphatic hydroxyl groups is 4. The molecule has 3 aromatic rings. The molecule has 1 amide bonds. The Morgan fingerprint density at radius 3 is 2.42 bits per heavy atom. The first-order chi connectivity index (χ1) is 27.6. The number of ketones is 2. The summed E-state index contributed by atoms with van der Waals surface area (Å²) < 4.78 is 26.1. The molecule has 4 heterocycles. The number of carbonyl (C=O) groups is 3. The van der Waals surface area contributed by atoms with Gasteiger partial charge in [0.1, 0.15) is 36.7 Å². The highest BCUT2D eigenvalue weighted by Gasteiger charge is 2.56. The van der Waals surface area contributed by atoms with Crippen molar-refractivity contribution in [2.45, 2.75) is 80.7 Å². The number of hydrogen-bond acceptors (Lipinski definition) is 13. The van der Waals surface area contributed by atoms with Gasteiger partial charge in [-0.2, -0.15) is 4.99 Å². The Labute approximate surface area is 326 Å². The molecule has 6 aliphatic rings. The van der Waals surface area contributed by atoms with Gasteiger partial charge in [0.15, 0.2) is 29.7 Å². The average Bonchev–Trinajstić information content (AvgIpc) is 3.64. The minimum atomic E-state index is -1.77. The van der Waals surface area contributed by atoms with E-state index < -0.39 is 66.3 Å². The molecule has 2 aliphatic carbocycles. The molecule has 0 radical (unpaired) electrons. The Bertz CT molecular complexity index is 2250. The van der Waals surface area contributed by atoms with E-state index in [1.165, 1.54) is 0 Å². The summed E-state index contributed by atoms with van der Waals surface area (Å²) in [6.07, 6.45) is -4.00. The van der Waals surface area contributed by atoms with Crippen LogP contribution < -0.4 is 19.7 Å². The van der Waals surface area contributed by atoms with Crippen LogP contribution in [0.1, 0.15) is 87.4 Å². The maximum atomic E-state index is 14.4. The summed E-state index contributed by atoms with van der Waals surface area (Å²) in [4.78, 5) is 51.1. The van der Waals surface area contributed by atoms with Crippen LogP contribution in [0.2, 0.25) is 0 Å². The van der Waals surface area contributed by atoms with Crippen molar-refractivity contribution in [2.75, 3.05) is 26.5 Å². The summed E-state index contributed by atoms with van der Waals surface area (Å²) in [6.45, 7) is -0.563. The molecule has 16 nitrogen and oxygen atoms in total. The zero-order valence-electron chi connectivity index (χ0n) is 30.8. The fourth-order valence-electron chi connectivity index (χ4n) is 9.25. The fourth-order valence-corrected chi connectivity index (χ4v) is 9.25. The number of aliphatic hydroxyl groups excluding tert-OH is 4. The molecule has 16 heteroatoms. The predicted octanol–water partition coefficient (Wildman–Crippen LogP) is 0.666.